The molecule has 0 saturated heterocycles. The van der Waals surface area contributed by atoms with E-state index in [0.29, 0.717) is 0 Å². The second-order valence-corrected chi connectivity index (χ2v) is 1.71. The van der Waals surface area contributed by atoms with Crippen LogP contribution in [0.2, 0.25) is 5.82 Å². The highest BCUT2D eigenvalue weighted by molar-refractivity contribution is 6.22. The molecule has 0 aliphatic carbocycles. The summed E-state index contributed by atoms with van der Waals surface area (Å²) in [6.07, 6.45) is 1.50. The molecular weight excluding hydrogens is 115 g/mol. The van der Waals surface area contributed by atoms with E-state index in [-0.39, 0.29) is 6.61 Å². The van der Waals surface area contributed by atoms with E-state index in [9.17, 15) is 4.79 Å². The van der Waals surface area contributed by atoms with Gasteiger partial charge in [-0.3, -0.25) is 4.79 Å². The highest BCUT2D eigenvalue weighted by Gasteiger charge is 2.04. The normalized spacial score (nSPS) is 12.1. The van der Waals surface area contributed by atoms with Gasteiger partial charge in [-0.25, -0.2) is 0 Å². The summed E-state index contributed by atoms with van der Waals surface area (Å²) in [7, 11) is 5.17. The average Bonchev–Trinajstić information content (AvgIpc) is 1.82. The molecule has 1 unspecified atom stereocenters. The van der Waals surface area contributed by atoms with E-state index in [0.717, 1.165) is 0 Å². The molecule has 9 heavy (non-hydrogen) atoms. The summed E-state index contributed by atoms with van der Waals surface area (Å²) < 4.78 is 4.57. The van der Waals surface area contributed by atoms with Crippen molar-refractivity contribution in [2.75, 3.05) is 6.61 Å². The molecule has 0 aliphatic rings. The standard InChI is InChI=1S/C6H9BO2/c1-3-4-9-6(8)5(2)7/h3,5H,1,4H2,2H3. The minimum Gasteiger partial charge on any atom is -0.462 e. The first-order chi connectivity index (χ1) is 4.18. The van der Waals surface area contributed by atoms with Crippen LogP contribution in [0.25, 0.3) is 0 Å². The largest absolute Gasteiger partial charge is 0.462 e. The Morgan fingerprint density at radius 1 is 2.00 bits per heavy atom. The van der Waals surface area contributed by atoms with E-state index >= 15 is 0 Å². The number of ether oxygens (including phenoxy) is 1. The molecule has 0 bridgehead atoms. The SMILES string of the molecule is [B]C(C)C(=O)OCC=C. The maximum absolute atomic E-state index is 10.5. The van der Waals surface area contributed by atoms with E-state index < -0.39 is 11.8 Å². The highest BCUT2D eigenvalue weighted by Crippen LogP contribution is 1.97. The van der Waals surface area contributed by atoms with E-state index in [4.69, 9.17) is 7.85 Å². The van der Waals surface area contributed by atoms with Gasteiger partial charge in [-0.2, -0.15) is 0 Å². The summed E-state index contributed by atoms with van der Waals surface area (Å²) in [5.74, 6) is -0.931. The van der Waals surface area contributed by atoms with Gasteiger partial charge in [0.1, 0.15) is 6.61 Å². The first kappa shape index (κ1) is 8.27. The van der Waals surface area contributed by atoms with Crippen molar-refractivity contribution in [3.63, 3.8) is 0 Å². The average molecular weight is 124 g/mol. The van der Waals surface area contributed by atoms with Gasteiger partial charge in [0.25, 0.3) is 5.97 Å². The molecule has 0 fully saturated rings. The lowest BCUT2D eigenvalue weighted by Crippen LogP contribution is -2.09. The Labute approximate surface area is 56.3 Å². The van der Waals surface area contributed by atoms with Crippen LogP contribution >= 0.6 is 0 Å². The van der Waals surface area contributed by atoms with Crippen molar-refractivity contribution in [3.05, 3.63) is 12.7 Å². The van der Waals surface area contributed by atoms with Crippen molar-refractivity contribution in [3.8, 4) is 0 Å². The maximum Gasteiger partial charge on any atom is 0.300 e. The molecule has 48 valence electrons. The smallest absolute Gasteiger partial charge is 0.300 e. The zero-order valence-electron chi connectivity index (χ0n) is 5.46. The van der Waals surface area contributed by atoms with Gasteiger partial charge in [0.2, 0.25) is 0 Å². The molecule has 0 saturated carbocycles. The van der Waals surface area contributed by atoms with Crippen LogP contribution in [0, 0.1) is 0 Å². The fraction of sp³-hybridized carbons (Fsp3) is 0.500. The maximum atomic E-state index is 10.5. The van der Waals surface area contributed by atoms with Crippen LogP contribution in [0.4, 0.5) is 0 Å². The second-order valence-electron chi connectivity index (χ2n) is 1.71. The molecule has 2 nitrogen and oxygen atoms in total. The molecule has 0 aromatic heterocycles. The lowest BCUT2D eigenvalue weighted by molar-refractivity contribution is -0.141. The first-order valence-electron chi connectivity index (χ1n) is 2.71. The highest BCUT2D eigenvalue weighted by atomic mass is 16.5. The Bertz CT molecular complexity index is 110. The van der Waals surface area contributed by atoms with Crippen molar-refractivity contribution in [1.29, 1.82) is 0 Å². The van der Waals surface area contributed by atoms with Gasteiger partial charge in [0.15, 0.2) is 0 Å². The van der Waals surface area contributed by atoms with Crippen LogP contribution in [0.1, 0.15) is 6.92 Å². The lowest BCUT2D eigenvalue weighted by atomic mass is 9.90. The van der Waals surface area contributed by atoms with Gasteiger partial charge < -0.3 is 4.74 Å². The molecule has 0 aliphatic heterocycles. The van der Waals surface area contributed by atoms with Gasteiger partial charge in [0, 0.05) is 5.82 Å². The van der Waals surface area contributed by atoms with E-state index in [1.807, 2.05) is 0 Å². The van der Waals surface area contributed by atoms with Gasteiger partial charge in [-0.05, 0) is 0 Å². The Kier molecular flexibility index (Phi) is 3.85. The monoisotopic (exact) mass is 124 g/mol. The van der Waals surface area contributed by atoms with Crippen molar-refractivity contribution >= 4 is 13.8 Å². The Morgan fingerprint density at radius 3 is 2.89 bits per heavy atom. The summed E-state index contributed by atoms with van der Waals surface area (Å²) in [5.41, 5.74) is 0. The molecule has 0 aromatic rings. The summed E-state index contributed by atoms with van der Waals surface area (Å²) >= 11 is 0. The Balaban J connectivity index is 3.38. The molecule has 0 amide bonds. The van der Waals surface area contributed by atoms with Crippen LogP contribution in [0.15, 0.2) is 12.7 Å². The zero-order valence-corrected chi connectivity index (χ0v) is 5.46. The minimum atomic E-state index is -0.537. The van der Waals surface area contributed by atoms with E-state index in [1.54, 1.807) is 6.92 Å². The number of esters is 1. The van der Waals surface area contributed by atoms with Gasteiger partial charge >= 0.3 is 0 Å². The molecular formula is C6H9BO2. The molecule has 0 spiro atoms. The Morgan fingerprint density at radius 2 is 2.56 bits per heavy atom. The lowest BCUT2D eigenvalue weighted by Gasteiger charge is -2.02. The third-order valence-electron chi connectivity index (χ3n) is 0.715. The fourth-order valence-electron chi connectivity index (χ4n) is 0.273. The first-order valence-corrected chi connectivity index (χ1v) is 2.71. The van der Waals surface area contributed by atoms with Crippen LogP contribution in [-0.2, 0) is 9.53 Å². The summed E-state index contributed by atoms with van der Waals surface area (Å²) in [5, 5.41) is 0. The summed E-state index contributed by atoms with van der Waals surface area (Å²) in [6.45, 7) is 5.19. The quantitative estimate of drug-likeness (QED) is 0.314. The van der Waals surface area contributed by atoms with Crippen molar-refractivity contribution in [2.45, 2.75) is 12.7 Å². The molecule has 0 heterocycles. The molecule has 0 rings (SSSR count). The number of carbonyl (C=O) groups is 1. The predicted octanol–water partition coefficient (Wildman–Crippen LogP) is 0.693. The predicted molar refractivity (Wildman–Crippen MR) is 36.3 cm³/mol. The molecule has 3 heteroatoms. The topological polar surface area (TPSA) is 26.3 Å². The van der Waals surface area contributed by atoms with Crippen molar-refractivity contribution < 1.29 is 9.53 Å². The zero-order chi connectivity index (χ0) is 7.28. The molecule has 1 atom stereocenters. The minimum absolute atomic E-state index is 0.236. The molecule has 0 aromatic carbocycles. The Hall–Kier alpha value is -0.725. The summed E-state index contributed by atoms with van der Waals surface area (Å²) in [4.78, 5) is 10.5. The molecule has 2 radical (unpaired) electrons. The van der Waals surface area contributed by atoms with Gasteiger partial charge in [0.05, 0.1) is 7.85 Å². The summed E-state index contributed by atoms with van der Waals surface area (Å²) in [6, 6.07) is 0. The number of rotatable bonds is 3. The van der Waals surface area contributed by atoms with Crippen molar-refractivity contribution in [1.82, 2.24) is 0 Å². The van der Waals surface area contributed by atoms with Gasteiger partial charge in [-0.1, -0.05) is 19.6 Å². The van der Waals surface area contributed by atoms with Crippen molar-refractivity contribution in [2.24, 2.45) is 0 Å². The van der Waals surface area contributed by atoms with Crippen LogP contribution in [-0.4, -0.2) is 20.4 Å². The van der Waals surface area contributed by atoms with E-state index in [1.165, 1.54) is 6.08 Å². The second kappa shape index (κ2) is 4.18. The van der Waals surface area contributed by atoms with Gasteiger partial charge in [-0.15, -0.1) is 0 Å². The van der Waals surface area contributed by atoms with Crippen LogP contribution < -0.4 is 0 Å². The molecule has 0 N–H and O–H groups in total. The third-order valence-corrected chi connectivity index (χ3v) is 0.715. The van der Waals surface area contributed by atoms with E-state index in [2.05, 4.69) is 11.3 Å². The number of carbonyl (C=O) groups excluding carboxylic acids is 1. The third kappa shape index (κ3) is 3.82. The van der Waals surface area contributed by atoms with Crippen LogP contribution in [0.3, 0.4) is 0 Å². The number of hydrogen-bond acceptors (Lipinski definition) is 2. The number of hydrogen-bond donors (Lipinski definition) is 0. The fourth-order valence-corrected chi connectivity index (χ4v) is 0.273. The van der Waals surface area contributed by atoms with Crippen LogP contribution in [0.5, 0.6) is 0 Å².